The van der Waals surface area contributed by atoms with Crippen LogP contribution < -0.4 is 9.80 Å². The molecule has 0 spiro atoms. The third kappa shape index (κ3) is 5.84. The molecule has 0 amide bonds. The molecule has 42 heavy (non-hydrogen) atoms. The van der Waals surface area contributed by atoms with Crippen molar-refractivity contribution in [3.63, 3.8) is 0 Å². The number of hydrogen-bond acceptors (Lipinski definition) is 2. The number of para-hydroxylation sites is 1. The molecule has 0 bridgehead atoms. The Kier molecular flexibility index (Phi) is 7.87. The summed E-state index contributed by atoms with van der Waals surface area (Å²) >= 11 is 0. The van der Waals surface area contributed by atoms with Gasteiger partial charge in [-0.1, -0.05) is 96.9 Å². The molecule has 0 radical (unpaired) electrons. The second-order valence-electron chi connectivity index (χ2n) is 10.8. The maximum atomic E-state index is 2.31. The fourth-order valence-corrected chi connectivity index (χ4v) is 5.35. The molecule has 0 aliphatic rings. The quantitative estimate of drug-likeness (QED) is 0.188. The van der Waals surface area contributed by atoms with Crippen LogP contribution in [0, 0.1) is 13.8 Å². The summed E-state index contributed by atoms with van der Waals surface area (Å²) in [6.45, 7) is 6.44. The highest BCUT2D eigenvalue weighted by Crippen LogP contribution is 2.38. The zero-order chi connectivity index (χ0) is 28.9. The van der Waals surface area contributed by atoms with Gasteiger partial charge in [-0.05, 0) is 110 Å². The first kappa shape index (κ1) is 27.1. The number of rotatable bonds is 8. The van der Waals surface area contributed by atoms with E-state index >= 15 is 0 Å². The maximum absolute atomic E-state index is 2.31. The smallest absolute Gasteiger partial charge is 0.0462 e. The van der Waals surface area contributed by atoms with Crippen molar-refractivity contribution in [3.8, 4) is 11.1 Å². The van der Waals surface area contributed by atoms with E-state index < -0.39 is 0 Å². The minimum atomic E-state index is 1.03. The van der Waals surface area contributed by atoms with Crippen LogP contribution in [0.4, 0.5) is 34.1 Å². The minimum absolute atomic E-state index is 1.03. The van der Waals surface area contributed by atoms with E-state index in [0.29, 0.717) is 0 Å². The molecule has 0 aromatic heterocycles. The monoisotopic (exact) mass is 544 g/mol. The molecule has 0 fully saturated rings. The van der Waals surface area contributed by atoms with Gasteiger partial charge in [0.1, 0.15) is 0 Å². The van der Waals surface area contributed by atoms with Gasteiger partial charge >= 0.3 is 0 Å². The Morgan fingerprint density at radius 3 is 1.02 bits per heavy atom. The Bertz CT molecular complexity index is 1670. The van der Waals surface area contributed by atoms with Crippen molar-refractivity contribution in [2.45, 2.75) is 27.2 Å². The van der Waals surface area contributed by atoms with Gasteiger partial charge in [0, 0.05) is 34.1 Å². The first-order valence-electron chi connectivity index (χ1n) is 14.7. The van der Waals surface area contributed by atoms with Crippen LogP contribution in [0.1, 0.15) is 23.6 Å². The van der Waals surface area contributed by atoms with E-state index in [1.807, 2.05) is 0 Å². The van der Waals surface area contributed by atoms with Crippen LogP contribution in [-0.2, 0) is 6.42 Å². The summed E-state index contributed by atoms with van der Waals surface area (Å²) < 4.78 is 0. The Hall–Kier alpha value is -5.08. The molecule has 2 nitrogen and oxygen atoms in total. The molecular weight excluding hydrogens is 508 g/mol. The van der Waals surface area contributed by atoms with Crippen molar-refractivity contribution in [2.24, 2.45) is 0 Å². The van der Waals surface area contributed by atoms with Crippen LogP contribution in [0.15, 0.2) is 152 Å². The highest BCUT2D eigenvalue weighted by Gasteiger charge is 2.14. The van der Waals surface area contributed by atoms with Gasteiger partial charge in [0.05, 0.1) is 0 Å². The standard InChI is InChI=1S/C40H36N2/c1-4-32-14-24-38(25-15-32)41(35-8-6-5-7-9-35)39-26-16-33(17-27-39)34-18-28-40(29-19-34)42(36-20-10-30(2)11-21-36)37-22-12-31(3)13-23-37/h5-29H,4H2,1-3H3. The highest BCUT2D eigenvalue weighted by molar-refractivity contribution is 5.80. The Labute approximate surface area is 250 Å². The molecule has 6 rings (SSSR count). The number of hydrogen-bond donors (Lipinski definition) is 0. The summed E-state index contributed by atoms with van der Waals surface area (Å²) in [5, 5.41) is 0. The second kappa shape index (κ2) is 12.2. The fourth-order valence-electron chi connectivity index (χ4n) is 5.35. The van der Waals surface area contributed by atoms with Gasteiger partial charge in [-0.2, -0.15) is 0 Å². The van der Waals surface area contributed by atoms with Crippen LogP contribution in [0.3, 0.4) is 0 Å². The first-order chi connectivity index (χ1) is 20.6. The normalized spacial score (nSPS) is 10.8. The number of nitrogens with zero attached hydrogens (tertiary/aromatic N) is 2. The molecule has 6 aromatic rings. The average molecular weight is 545 g/mol. The second-order valence-corrected chi connectivity index (χ2v) is 10.8. The molecule has 0 aliphatic heterocycles. The predicted octanol–water partition coefficient (Wildman–Crippen LogP) is 11.5. The number of anilines is 6. The van der Waals surface area contributed by atoms with Crippen molar-refractivity contribution >= 4 is 34.1 Å². The third-order valence-corrected chi connectivity index (χ3v) is 7.79. The topological polar surface area (TPSA) is 6.48 Å². The summed E-state index contributed by atoms with van der Waals surface area (Å²) in [5.74, 6) is 0. The largest absolute Gasteiger partial charge is 0.311 e. The molecule has 0 saturated carbocycles. The average Bonchev–Trinajstić information content (AvgIpc) is 3.05. The van der Waals surface area contributed by atoms with Crippen molar-refractivity contribution in [3.05, 3.63) is 168 Å². The Morgan fingerprint density at radius 1 is 0.357 bits per heavy atom. The lowest BCUT2D eigenvalue weighted by Gasteiger charge is -2.26. The molecule has 206 valence electrons. The Morgan fingerprint density at radius 2 is 0.667 bits per heavy atom. The lowest BCUT2D eigenvalue weighted by Crippen LogP contribution is -2.10. The lowest BCUT2D eigenvalue weighted by atomic mass is 10.0. The third-order valence-electron chi connectivity index (χ3n) is 7.79. The number of aryl methyl sites for hydroxylation is 3. The fraction of sp³-hybridized carbons (Fsp3) is 0.100. The summed E-state index contributed by atoms with van der Waals surface area (Å²) in [6, 6.07) is 54.6. The molecule has 0 saturated heterocycles. The van der Waals surface area contributed by atoms with E-state index in [9.17, 15) is 0 Å². The van der Waals surface area contributed by atoms with E-state index in [-0.39, 0.29) is 0 Å². The molecule has 6 aromatic carbocycles. The van der Waals surface area contributed by atoms with Crippen LogP contribution in [0.2, 0.25) is 0 Å². The van der Waals surface area contributed by atoms with Crippen molar-refractivity contribution in [1.29, 1.82) is 0 Å². The first-order valence-corrected chi connectivity index (χ1v) is 14.7. The van der Waals surface area contributed by atoms with Gasteiger partial charge in [-0.25, -0.2) is 0 Å². The molecule has 2 heteroatoms. The van der Waals surface area contributed by atoms with Crippen LogP contribution in [0.5, 0.6) is 0 Å². The summed E-state index contributed by atoms with van der Waals surface area (Å²) in [5.41, 5.74) is 13.1. The van der Waals surface area contributed by atoms with Gasteiger partial charge < -0.3 is 9.80 Å². The van der Waals surface area contributed by atoms with Crippen LogP contribution >= 0.6 is 0 Å². The SMILES string of the molecule is CCc1ccc(N(c2ccccc2)c2ccc(-c3ccc(N(c4ccc(C)cc4)c4ccc(C)cc4)cc3)cc2)cc1. The van der Waals surface area contributed by atoms with Gasteiger partial charge in [0.2, 0.25) is 0 Å². The van der Waals surface area contributed by atoms with E-state index in [0.717, 1.165) is 40.5 Å². The Balaban J connectivity index is 1.31. The predicted molar refractivity (Wildman–Crippen MR) is 180 cm³/mol. The van der Waals surface area contributed by atoms with Crippen molar-refractivity contribution in [1.82, 2.24) is 0 Å². The van der Waals surface area contributed by atoms with Gasteiger partial charge in [0.25, 0.3) is 0 Å². The maximum Gasteiger partial charge on any atom is 0.0462 e. The van der Waals surface area contributed by atoms with E-state index in [1.165, 1.54) is 27.8 Å². The zero-order valence-corrected chi connectivity index (χ0v) is 24.5. The van der Waals surface area contributed by atoms with E-state index in [4.69, 9.17) is 0 Å². The molecule has 0 heterocycles. The lowest BCUT2D eigenvalue weighted by molar-refractivity contribution is 1.14. The molecule has 0 N–H and O–H groups in total. The van der Waals surface area contributed by atoms with Gasteiger partial charge in [0.15, 0.2) is 0 Å². The van der Waals surface area contributed by atoms with Crippen LogP contribution in [-0.4, -0.2) is 0 Å². The molecular formula is C40H36N2. The van der Waals surface area contributed by atoms with Crippen molar-refractivity contribution in [2.75, 3.05) is 9.80 Å². The highest BCUT2D eigenvalue weighted by atomic mass is 15.1. The van der Waals surface area contributed by atoms with E-state index in [2.05, 4.69) is 182 Å². The number of benzene rings is 6. The summed E-state index contributed by atoms with van der Waals surface area (Å²) in [4.78, 5) is 4.63. The van der Waals surface area contributed by atoms with Crippen LogP contribution in [0.25, 0.3) is 11.1 Å². The van der Waals surface area contributed by atoms with E-state index in [1.54, 1.807) is 0 Å². The zero-order valence-electron chi connectivity index (χ0n) is 24.5. The van der Waals surface area contributed by atoms with Gasteiger partial charge in [-0.15, -0.1) is 0 Å². The molecule has 0 aliphatic carbocycles. The van der Waals surface area contributed by atoms with Gasteiger partial charge in [-0.3, -0.25) is 0 Å². The summed E-state index contributed by atoms with van der Waals surface area (Å²) in [6.07, 6.45) is 1.03. The summed E-state index contributed by atoms with van der Waals surface area (Å²) in [7, 11) is 0. The molecule has 0 atom stereocenters. The minimum Gasteiger partial charge on any atom is -0.311 e. The molecule has 0 unspecified atom stereocenters. The van der Waals surface area contributed by atoms with Crippen molar-refractivity contribution < 1.29 is 0 Å².